The molecule has 0 atom stereocenters. The third-order valence-electron chi connectivity index (χ3n) is 2.56. The first-order valence-electron chi connectivity index (χ1n) is 6.27. The van der Waals surface area contributed by atoms with Crippen molar-refractivity contribution in [3.63, 3.8) is 0 Å². The SMILES string of the molecule is COCCCNC(=O)/C(C#N)=C\Nc1ccc(N)c(Cl)c1. The van der Waals surface area contributed by atoms with Gasteiger partial charge in [-0.15, -0.1) is 0 Å². The monoisotopic (exact) mass is 308 g/mol. The number of nitrogen functional groups attached to an aromatic ring is 1. The lowest BCUT2D eigenvalue weighted by atomic mass is 10.2. The van der Waals surface area contributed by atoms with Crippen molar-refractivity contribution in [1.82, 2.24) is 5.32 Å². The van der Waals surface area contributed by atoms with Gasteiger partial charge in [0.15, 0.2) is 0 Å². The van der Waals surface area contributed by atoms with Gasteiger partial charge in [-0.2, -0.15) is 5.26 Å². The molecule has 1 aromatic rings. The molecule has 0 aliphatic carbocycles. The van der Waals surface area contributed by atoms with Crippen LogP contribution in [0.3, 0.4) is 0 Å². The molecule has 0 aliphatic heterocycles. The first-order valence-corrected chi connectivity index (χ1v) is 6.65. The lowest BCUT2D eigenvalue weighted by Gasteiger charge is -2.06. The van der Waals surface area contributed by atoms with Crippen LogP contribution in [-0.4, -0.2) is 26.2 Å². The molecule has 0 saturated heterocycles. The average Bonchev–Trinajstić information content (AvgIpc) is 2.48. The summed E-state index contributed by atoms with van der Waals surface area (Å²) in [6.45, 7) is 0.994. The van der Waals surface area contributed by atoms with Crippen LogP contribution in [0.5, 0.6) is 0 Å². The summed E-state index contributed by atoms with van der Waals surface area (Å²) in [5.74, 6) is -0.442. The summed E-state index contributed by atoms with van der Waals surface area (Å²) in [5, 5.41) is 14.9. The summed E-state index contributed by atoms with van der Waals surface area (Å²) in [6, 6.07) is 6.78. The topological polar surface area (TPSA) is 100 Å². The van der Waals surface area contributed by atoms with E-state index in [0.29, 0.717) is 36.0 Å². The molecule has 7 heteroatoms. The minimum Gasteiger partial charge on any atom is -0.398 e. The molecule has 1 rings (SSSR count). The van der Waals surface area contributed by atoms with Crippen molar-refractivity contribution >= 4 is 28.9 Å². The quantitative estimate of drug-likeness (QED) is 0.309. The Morgan fingerprint density at radius 3 is 2.95 bits per heavy atom. The van der Waals surface area contributed by atoms with E-state index in [4.69, 9.17) is 27.3 Å². The van der Waals surface area contributed by atoms with Crippen molar-refractivity contribution in [3.05, 3.63) is 35.0 Å². The largest absolute Gasteiger partial charge is 0.398 e. The number of nitrogens with one attached hydrogen (secondary N) is 2. The molecular weight excluding hydrogens is 292 g/mol. The molecule has 0 aromatic heterocycles. The van der Waals surface area contributed by atoms with Gasteiger partial charge < -0.3 is 21.1 Å². The summed E-state index contributed by atoms with van der Waals surface area (Å²) >= 11 is 5.88. The highest BCUT2D eigenvalue weighted by molar-refractivity contribution is 6.33. The zero-order valence-corrected chi connectivity index (χ0v) is 12.4. The van der Waals surface area contributed by atoms with Crippen LogP contribution in [0.15, 0.2) is 30.0 Å². The zero-order chi connectivity index (χ0) is 15.7. The molecule has 21 heavy (non-hydrogen) atoms. The number of hydrogen-bond acceptors (Lipinski definition) is 5. The van der Waals surface area contributed by atoms with Crippen molar-refractivity contribution in [3.8, 4) is 6.07 Å². The minimum atomic E-state index is -0.442. The van der Waals surface area contributed by atoms with Gasteiger partial charge in [0.2, 0.25) is 0 Å². The number of nitrogens with zero attached hydrogens (tertiary/aromatic N) is 1. The Bertz CT molecular complexity index is 567. The number of rotatable bonds is 7. The molecule has 4 N–H and O–H groups in total. The van der Waals surface area contributed by atoms with Gasteiger partial charge in [0, 0.05) is 32.1 Å². The second-order valence-electron chi connectivity index (χ2n) is 4.15. The molecule has 1 aromatic carbocycles. The summed E-state index contributed by atoms with van der Waals surface area (Å²) in [6.07, 6.45) is 2.01. The predicted octanol–water partition coefficient (Wildman–Crippen LogP) is 1.89. The van der Waals surface area contributed by atoms with Crippen molar-refractivity contribution < 1.29 is 9.53 Å². The maximum absolute atomic E-state index is 11.8. The number of carbonyl (C=O) groups is 1. The minimum absolute atomic E-state index is 0.0274. The van der Waals surface area contributed by atoms with E-state index < -0.39 is 5.91 Å². The highest BCUT2D eigenvalue weighted by atomic mass is 35.5. The van der Waals surface area contributed by atoms with Gasteiger partial charge in [-0.1, -0.05) is 11.6 Å². The van der Waals surface area contributed by atoms with Gasteiger partial charge in [-0.3, -0.25) is 4.79 Å². The van der Waals surface area contributed by atoms with Gasteiger partial charge in [-0.25, -0.2) is 0 Å². The summed E-state index contributed by atoms with van der Waals surface area (Å²) in [4.78, 5) is 11.8. The van der Waals surface area contributed by atoms with Crippen LogP contribution in [0.4, 0.5) is 11.4 Å². The molecule has 0 bridgehead atoms. The summed E-state index contributed by atoms with van der Waals surface area (Å²) in [7, 11) is 1.59. The number of carbonyl (C=O) groups excluding carboxylic acids is 1. The van der Waals surface area contributed by atoms with E-state index >= 15 is 0 Å². The first kappa shape index (κ1) is 16.8. The number of anilines is 2. The fourth-order valence-electron chi connectivity index (χ4n) is 1.43. The Hall–Kier alpha value is -2.23. The second-order valence-corrected chi connectivity index (χ2v) is 4.56. The molecule has 0 heterocycles. The van der Waals surface area contributed by atoms with Crippen molar-refractivity contribution in [1.29, 1.82) is 5.26 Å². The Balaban J connectivity index is 2.60. The lowest BCUT2D eigenvalue weighted by Crippen LogP contribution is -2.26. The molecule has 1 amide bonds. The number of methoxy groups -OCH3 is 1. The predicted molar refractivity (Wildman–Crippen MR) is 82.7 cm³/mol. The van der Waals surface area contributed by atoms with Crippen molar-refractivity contribution in [2.45, 2.75) is 6.42 Å². The molecule has 0 saturated carbocycles. The molecular formula is C14H17ClN4O2. The number of amides is 1. The Morgan fingerprint density at radius 2 is 2.33 bits per heavy atom. The van der Waals surface area contributed by atoms with Crippen LogP contribution >= 0.6 is 11.6 Å². The number of nitrogens with two attached hydrogens (primary N) is 1. The van der Waals surface area contributed by atoms with Gasteiger partial charge in [0.25, 0.3) is 5.91 Å². The van der Waals surface area contributed by atoms with E-state index in [1.54, 1.807) is 25.3 Å². The van der Waals surface area contributed by atoms with E-state index in [1.165, 1.54) is 6.20 Å². The Kier molecular flexibility index (Phi) is 7.09. The number of nitriles is 1. The van der Waals surface area contributed by atoms with Gasteiger partial charge >= 0.3 is 0 Å². The molecule has 0 aliphatic rings. The number of halogens is 1. The molecule has 112 valence electrons. The highest BCUT2D eigenvalue weighted by Gasteiger charge is 2.07. The van der Waals surface area contributed by atoms with Gasteiger partial charge in [0.05, 0.1) is 10.7 Å². The average molecular weight is 309 g/mol. The Labute approximate surface area is 128 Å². The Morgan fingerprint density at radius 1 is 1.57 bits per heavy atom. The van der Waals surface area contributed by atoms with Crippen LogP contribution in [0.1, 0.15) is 6.42 Å². The molecule has 0 fully saturated rings. The summed E-state index contributed by atoms with van der Waals surface area (Å²) in [5.41, 5.74) is 6.66. The van der Waals surface area contributed by atoms with Crippen LogP contribution in [-0.2, 0) is 9.53 Å². The van der Waals surface area contributed by atoms with Crippen LogP contribution in [0.2, 0.25) is 5.02 Å². The van der Waals surface area contributed by atoms with E-state index in [1.807, 2.05) is 6.07 Å². The van der Waals surface area contributed by atoms with Crippen LogP contribution in [0, 0.1) is 11.3 Å². The zero-order valence-electron chi connectivity index (χ0n) is 11.6. The van der Waals surface area contributed by atoms with E-state index in [-0.39, 0.29) is 5.57 Å². The van der Waals surface area contributed by atoms with E-state index in [2.05, 4.69) is 10.6 Å². The second kappa shape index (κ2) is 8.84. The third-order valence-corrected chi connectivity index (χ3v) is 2.89. The highest BCUT2D eigenvalue weighted by Crippen LogP contribution is 2.22. The normalized spacial score (nSPS) is 10.8. The number of hydrogen-bond donors (Lipinski definition) is 3. The smallest absolute Gasteiger partial charge is 0.263 e. The van der Waals surface area contributed by atoms with Gasteiger partial charge in [-0.05, 0) is 24.6 Å². The van der Waals surface area contributed by atoms with Crippen molar-refractivity contribution in [2.24, 2.45) is 0 Å². The third kappa shape index (κ3) is 5.73. The number of ether oxygens (including phenoxy) is 1. The molecule has 6 nitrogen and oxygen atoms in total. The van der Waals surface area contributed by atoms with E-state index in [0.717, 1.165) is 0 Å². The first-order chi connectivity index (χ1) is 10.1. The maximum Gasteiger partial charge on any atom is 0.263 e. The van der Waals surface area contributed by atoms with E-state index in [9.17, 15) is 4.79 Å². The fraction of sp³-hybridized carbons (Fsp3) is 0.286. The standard InChI is InChI=1S/C14H17ClN4O2/c1-21-6-2-5-18-14(20)10(8-16)9-19-11-3-4-13(17)12(15)7-11/h3-4,7,9,19H,2,5-6,17H2,1H3,(H,18,20)/b10-9-. The molecule has 0 unspecified atom stereocenters. The van der Waals surface area contributed by atoms with Crippen LogP contribution in [0.25, 0.3) is 0 Å². The maximum atomic E-state index is 11.8. The van der Waals surface area contributed by atoms with Gasteiger partial charge in [0.1, 0.15) is 11.6 Å². The summed E-state index contributed by atoms with van der Waals surface area (Å²) < 4.78 is 4.87. The molecule has 0 spiro atoms. The van der Waals surface area contributed by atoms with Crippen LogP contribution < -0.4 is 16.4 Å². The molecule has 0 radical (unpaired) electrons. The number of benzene rings is 1. The fourth-order valence-corrected chi connectivity index (χ4v) is 1.62. The lowest BCUT2D eigenvalue weighted by molar-refractivity contribution is -0.117. The van der Waals surface area contributed by atoms with Crippen molar-refractivity contribution in [2.75, 3.05) is 31.3 Å².